The van der Waals surface area contributed by atoms with Crippen molar-refractivity contribution in [1.29, 1.82) is 0 Å². The molecule has 2 saturated heterocycles. The van der Waals surface area contributed by atoms with Crippen molar-refractivity contribution in [1.82, 2.24) is 10.1 Å². The van der Waals surface area contributed by atoms with Crippen LogP contribution in [0.4, 0.5) is 0 Å². The molecule has 2 aliphatic heterocycles. The Kier molecular flexibility index (Phi) is 4.27. The fourth-order valence-electron chi connectivity index (χ4n) is 1.69. The minimum absolute atomic E-state index is 0.0110. The molecule has 0 N–H and O–H groups in total. The first-order valence-electron chi connectivity index (χ1n) is 10.9. The van der Waals surface area contributed by atoms with Crippen molar-refractivity contribution in [3.05, 3.63) is 0 Å². The van der Waals surface area contributed by atoms with Gasteiger partial charge in [0.2, 0.25) is 0 Å². The highest BCUT2D eigenvalue weighted by Gasteiger charge is 2.33. The molecule has 12 heteroatoms. The number of nitrogens with zero attached hydrogens (tertiary/aromatic N) is 2. The molecule has 0 spiro atoms. The van der Waals surface area contributed by atoms with Gasteiger partial charge in [0, 0.05) is 48.1 Å². The lowest BCUT2D eigenvalue weighted by Crippen LogP contribution is -2.32. The van der Waals surface area contributed by atoms with Crippen LogP contribution in [0.1, 0.15) is 49.4 Å². The molecule has 0 unspecified atom stereocenters. The minimum Gasteiger partial charge on any atom is -0.330 e. The molecule has 4 amide bonds. The summed E-state index contributed by atoms with van der Waals surface area (Å²) in [6.45, 7) is 0. The minimum atomic E-state index is -3.58. The van der Waals surface area contributed by atoms with Crippen LogP contribution in [0.2, 0.25) is 0 Å². The van der Waals surface area contributed by atoms with E-state index in [-0.39, 0.29) is 57.4 Å². The van der Waals surface area contributed by atoms with Gasteiger partial charge in [-0.15, -0.1) is 10.1 Å². The van der Waals surface area contributed by atoms with Gasteiger partial charge in [-0.2, -0.15) is 0 Å². The summed E-state index contributed by atoms with van der Waals surface area (Å²) in [5, 5.41) is -0.0220. The van der Waals surface area contributed by atoms with Gasteiger partial charge in [-0.25, -0.2) is 9.59 Å². The molecule has 2 aliphatic rings. The Labute approximate surface area is 167 Å². The second-order valence-electron chi connectivity index (χ2n) is 4.54. The molecule has 0 radical (unpaired) electrons. The van der Waals surface area contributed by atoms with Crippen molar-refractivity contribution in [2.75, 3.05) is 11.4 Å². The van der Waals surface area contributed by atoms with Gasteiger partial charge in [0.25, 0.3) is 23.6 Å². The highest BCUT2D eigenvalue weighted by molar-refractivity contribution is 8.76. The molecule has 26 heavy (non-hydrogen) atoms. The number of carbonyl (C=O) groups is 6. The van der Waals surface area contributed by atoms with E-state index < -0.39 is 59.7 Å². The van der Waals surface area contributed by atoms with Gasteiger partial charge in [-0.3, -0.25) is 19.2 Å². The summed E-state index contributed by atoms with van der Waals surface area (Å²) in [6, 6.07) is 0. The van der Waals surface area contributed by atoms with Crippen molar-refractivity contribution in [2.24, 2.45) is 0 Å². The molecular weight excluding hydrogens is 388 g/mol. The van der Waals surface area contributed by atoms with Gasteiger partial charge in [0.15, 0.2) is 0 Å². The molecule has 2 heterocycles. The molecular formula is C14H16N2O8S2. The Morgan fingerprint density at radius 3 is 1.38 bits per heavy atom. The second kappa shape index (κ2) is 9.57. The van der Waals surface area contributed by atoms with E-state index in [9.17, 15) is 28.8 Å². The van der Waals surface area contributed by atoms with Crippen molar-refractivity contribution in [2.45, 2.75) is 38.4 Å². The molecule has 0 atom stereocenters. The summed E-state index contributed by atoms with van der Waals surface area (Å²) in [7, 11) is -0.632. The summed E-state index contributed by atoms with van der Waals surface area (Å²) < 4.78 is 62.1. The van der Waals surface area contributed by atoms with E-state index in [4.69, 9.17) is 11.0 Å². The van der Waals surface area contributed by atoms with Crippen molar-refractivity contribution >= 4 is 57.2 Å². The zero-order chi connectivity index (χ0) is 26.3. The van der Waals surface area contributed by atoms with E-state index in [0.717, 1.165) is 0 Å². The molecule has 2 rings (SSSR count). The quantitative estimate of drug-likeness (QED) is 0.387. The molecule has 0 aromatic heterocycles. The average molecular weight is 412 g/mol. The Morgan fingerprint density at radius 2 is 1.08 bits per heavy atom. The van der Waals surface area contributed by atoms with Crippen LogP contribution in [0.5, 0.6) is 0 Å². The second-order valence-corrected chi connectivity index (χ2v) is 6.28. The Hall–Kier alpha value is -2.08. The molecule has 0 aromatic rings. The summed E-state index contributed by atoms with van der Waals surface area (Å²) in [6.07, 6.45) is -8.35. The molecule has 0 bridgehead atoms. The fourth-order valence-corrected chi connectivity index (χ4v) is 2.53. The number of hydrogen-bond donors (Lipinski definition) is 0. The lowest BCUT2D eigenvalue weighted by Gasteiger charge is -2.12. The topological polar surface area (TPSA) is 127 Å². The number of hydrogen-bond acceptors (Lipinski definition) is 10. The zero-order valence-corrected chi connectivity index (χ0v) is 14.4. The summed E-state index contributed by atoms with van der Waals surface area (Å²) in [5.74, 6) is -7.76. The first kappa shape index (κ1) is 11.6. The predicted molar refractivity (Wildman–Crippen MR) is 88.5 cm³/mol. The first-order valence-corrected chi connectivity index (χ1v) is 9.03. The van der Waals surface area contributed by atoms with Crippen LogP contribution in [0.3, 0.4) is 0 Å². The summed E-state index contributed by atoms with van der Waals surface area (Å²) in [4.78, 5) is 79.0. The number of carbonyl (C=O) groups excluding carboxylic acids is 6. The van der Waals surface area contributed by atoms with E-state index in [1.165, 1.54) is 0 Å². The lowest BCUT2D eigenvalue weighted by molar-refractivity contribution is -0.197. The van der Waals surface area contributed by atoms with E-state index in [1.807, 2.05) is 0 Å². The Bertz CT molecular complexity index is 841. The average Bonchev–Trinajstić information content (AvgIpc) is 3.22. The fraction of sp³-hybridized carbons (Fsp3) is 0.571. The normalized spacial score (nSPS) is 24.0. The number of rotatable bonds is 9. The molecule has 0 aromatic carbocycles. The number of imide groups is 2. The largest absolute Gasteiger partial charge is 0.334 e. The van der Waals surface area contributed by atoms with Gasteiger partial charge < -0.3 is 9.68 Å². The van der Waals surface area contributed by atoms with Crippen LogP contribution < -0.4 is 0 Å². The SMILES string of the molecule is [2H]C([2H])(SSC([2H])([2H])C([2H])([2H])C(=O)ON1C(=O)CCC1=O)C([2H])([2H])C(=O)ON1C(=O)CCC1=O. The van der Waals surface area contributed by atoms with E-state index in [2.05, 4.69) is 9.68 Å². The van der Waals surface area contributed by atoms with Crippen molar-refractivity contribution < 1.29 is 49.4 Å². The standard InChI is InChI=1S/C14H16N2O8S2/c17-9-1-2-10(18)15(9)23-13(21)5-7-25-26-8-6-14(22)24-16-11(19)3-4-12(16)20/h1-8H2/i5D2,6D2,7D2,8D2. The van der Waals surface area contributed by atoms with Crippen LogP contribution in [0.25, 0.3) is 0 Å². The molecule has 2 fully saturated rings. The number of amides is 4. The van der Waals surface area contributed by atoms with Gasteiger partial charge in [0.05, 0.1) is 12.7 Å². The van der Waals surface area contributed by atoms with Crippen LogP contribution in [0.15, 0.2) is 0 Å². The van der Waals surface area contributed by atoms with E-state index in [1.54, 1.807) is 0 Å². The van der Waals surface area contributed by atoms with Gasteiger partial charge in [-0.05, 0) is 0 Å². The van der Waals surface area contributed by atoms with Gasteiger partial charge in [-0.1, -0.05) is 21.6 Å². The highest BCUT2D eigenvalue weighted by Crippen LogP contribution is 2.24. The summed E-state index contributed by atoms with van der Waals surface area (Å²) in [5.41, 5.74) is -6.68. The van der Waals surface area contributed by atoms with Crippen LogP contribution in [0, 0.1) is 0 Å². The van der Waals surface area contributed by atoms with Crippen LogP contribution >= 0.6 is 21.6 Å². The molecule has 10 nitrogen and oxygen atoms in total. The Morgan fingerprint density at radius 1 is 0.769 bits per heavy atom. The summed E-state index contributed by atoms with van der Waals surface area (Å²) >= 11 is 0. The van der Waals surface area contributed by atoms with Crippen LogP contribution in [-0.2, 0) is 38.4 Å². The maximum absolute atomic E-state index is 12.1. The van der Waals surface area contributed by atoms with E-state index in [0.29, 0.717) is 0 Å². The smallest absolute Gasteiger partial charge is 0.330 e. The maximum Gasteiger partial charge on any atom is 0.334 e. The van der Waals surface area contributed by atoms with Crippen molar-refractivity contribution in [3.8, 4) is 0 Å². The molecule has 0 saturated carbocycles. The number of hydroxylamine groups is 4. The van der Waals surface area contributed by atoms with Crippen LogP contribution in [-0.4, -0.2) is 57.1 Å². The van der Waals surface area contributed by atoms with Crippen molar-refractivity contribution in [3.63, 3.8) is 0 Å². The molecule has 142 valence electrons. The molecule has 0 aliphatic carbocycles. The predicted octanol–water partition coefficient (Wildman–Crippen LogP) is 0.362. The lowest BCUT2D eigenvalue weighted by atomic mass is 10.4. The highest BCUT2D eigenvalue weighted by atomic mass is 33.1. The van der Waals surface area contributed by atoms with Gasteiger partial charge >= 0.3 is 11.9 Å². The van der Waals surface area contributed by atoms with Gasteiger partial charge in [0.1, 0.15) is 0 Å². The maximum atomic E-state index is 12.1. The third-order valence-electron chi connectivity index (χ3n) is 2.79. The zero-order valence-electron chi connectivity index (χ0n) is 20.8. The monoisotopic (exact) mass is 412 g/mol. The third kappa shape index (κ3) is 5.73. The first-order chi connectivity index (χ1) is 15.3. The third-order valence-corrected chi connectivity index (χ3v) is 4.00. The Balaban J connectivity index is 2.08. The van der Waals surface area contributed by atoms with E-state index >= 15 is 0 Å².